The number of hydrogen-bond donors (Lipinski definition) is 2. The Morgan fingerprint density at radius 2 is 1.97 bits per heavy atom. The number of hydrogen-bond acceptors (Lipinski definition) is 5. The van der Waals surface area contributed by atoms with Crippen molar-refractivity contribution in [1.82, 2.24) is 20.5 Å². The Hall–Kier alpha value is -0.550. The molecular weight excluding hydrogens is 517 g/mol. The highest BCUT2D eigenvalue weighted by Crippen LogP contribution is 2.27. The van der Waals surface area contributed by atoms with Gasteiger partial charge in [-0.1, -0.05) is 13.8 Å². The van der Waals surface area contributed by atoms with Gasteiger partial charge in [0.05, 0.1) is 17.2 Å². The van der Waals surface area contributed by atoms with Crippen molar-refractivity contribution in [1.29, 1.82) is 0 Å². The monoisotopic (exact) mass is 551 g/mol. The van der Waals surface area contributed by atoms with Crippen molar-refractivity contribution in [2.45, 2.75) is 58.0 Å². The van der Waals surface area contributed by atoms with Crippen LogP contribution >= 0.6 is 47.1 Å². The van der Waals surface area contributed by atoms with Gasteiger partial charge in [0.25, 0.3) is 0 Å². The van der Waals surface area contributed by atoms with Crippen molar-refractivity contribution < 1.29 is 4.79 Å². The molecule has 0 bridgehead atoms. The number of rotatable bonds is 5. The highest BCUT2D eigenvalue weighted by Gasteiger charge is 2.30. The Morgan fingerprint density at radius 1 is 1.28 bits per heavy atom. The van der Waals surface area contributed by atoms with Gasteiger partial charge in [-0.25, -0.2) is 4.98 Å². The minimum absolute atomic E-state index is 0. The van der Waals surface area contributed by atoms with E-state index in [1.54, 1.807) is 18.4 Å². The molecule has 0 spiro atoms. The molecule has 1 aromatic rings. The second kappa shape index (κ2) is 12.3. The molecule has 1 saturated carbocycles. The number of thiazole rings is 1. The summed E-state index contributed by atoms with van der Waals surface area (Å²) in [4.78, 5) is 23.8. The highest BCUT2D eigenvalue weighted by atomic mass is 127. The van der Waals surface area contributed by atoms with Crippen LogP contribution in [-0.2, 0) is 11.3 Å². The van der Waals surface area contributed by atoms with Gasteiger partial charge in [-0.05, 0) is 25.7 Å². The normalized spacial score (nSPS) is 22.9. The molecule has 6 nitrogen and oxygen atoms in total. The summed E-state index contributed by atoms with van der Waals surface area (Å²) in [6.07, 6.45) is 3.99. The third kappa shape index (κ3) is 7.27. The molecule has 0 aromatic carbocycles. The summed E-state index contributed by atoms with van der Waals surface area (Å²) in [7, 11) is 1.81. The number of carbonyl (C=O) groups excluding carboxylic acids is 1. The third-order valence-corrected chi connectivity index (χ3v) is 7.60. The number of aromatic nitrogens is 1. The van der Waals surface area contributed by atoms with E-state index in [2.05, 4.69) is 44.7 Å². The van der Waals surface area contributed by atoms with Crippen LogP contribution in [0.5, 0.6) is 0 Å². The lowest BCUT2D eigenvalue weighted by Gasteiger charge is -2.34. The van der Waals surface area contributed by atoms with Crippen LogP contribution in [0.4, 0.5) is 0 Å². The molecule has 1 saturated heterocycles. The first kappa shape index (κ1) is 24.7. The summed E-state index contributed by atoms with van der Waals surface area (Å²) < 4.78 is 0. The number of aliphatic imine (C=N–C) groups is 1. The Morgan fingerprint density at radius 3 is 2.55 bits per heavy atom. The van der Waals surface area contributed by atoms with Gasteiger partial charge in [-0.3, -0.25) is 9.79 Å². The Labute approximate surface area is 200 Å². The third-order valence-electron chi connectivity index (χ3n) is 5.46. The van der Waals surface area contributed by atoms with Crippen LogP contribution in [-0.4, -0.2) is 59.4 Å². The predicted octanol–water partition coefficient (Wildman–Crippen LogP) is 3.68. The standard InChI is InChI=1S/C20H33N5OS2.HI/c1-14(2)18-23-17(13-28-18)12-22-20(21-3)24-16-6-4-15(5-7-16)19(26)25-8-10-27-11-9-25;/h13-16H,4-12H2,1-3H3,(H2,21,22,24);1H. The molecule has 1 aliphatic heterocycles. The van der Waals surface area contributed by atoms with Crippen LogP contribution in [0.15, 0.2) is 10.4 Å². The highest BCUT2D eigenvalue weighted by molar-refractivity contribution is 14.0. The smallest absolute Gasteiger partial charge is 0.225 e. The summed E-state index contributed by atoms with van der Waals surface area (Å²) in [5.41, 5.74) is 1.06. The number of nitrogens with one attached hydrogen (secondary N) is 2. The summed E-state index contributed by atoms with van der Waals surface area (Å²) in [6.45, 7) is 6.87. The summed E-state index contributed by atoms with van der Waals surface area (Å²) >= 11 is 3.67. The van der Waals surface area contributed by atoms with Crippen LogP contribution in [0.25, 0.3) is 0 Å². The second-order valence-corrected chi connectivity index (χ2v) is 10.0. The second-order valence-electron chi connectivity index (χ2n) is 7.89. The van der Waals surface area contributed by atoms with E-state index >= 15 is 0 Å². The Bertz CT molecular complexity index is 668. The van der Waals surface area contributed by atoms with Gasteiger partial charge in [-0.2, -0.15) is 11.8 Å². The zero-order valence-electron chi connectivity index (χ0n) is 17.6. The van der Waals surface area contributed by atoms with Crippen LogP contribution in [0.3, 0.4) is 0 Å². The average Bonchev–Trinajstić information content (AvgIpc) is 3.21. The minimum atomic E-state index is 0. The molecule has 1 aromatic heterocycles. The van der Waals surface area contributed by atoms with Gasteiger partial charge in [0.15, 0.2) is 5.96 Å². The lowest BCUT2D eigenvalue weighted by molar-refractivity contribution is -0.136. The van der Waals surface area contributed by atoms with E-state index in [1.165, 1.54) is 5.01 Å². The molecule has 0 unspecified atom stereocenters. The molecule has 2 heterocycles. The van der Waals surface area contributed by atoms with Gasteiger partial charge in [0.1, 0.15) is 0 Å². The van der Waals surface area contributed by atoms with Crippen molar-refractivity contribution in [2.24, 2.45) is 10.9 Å². The molecule has 0 radical (unpaired) electrons. The van der Waals surface area contributed by atoms with Crippen LogP contribution in [0.2, 0.25) is 0 Å². The molecule has 1 aliphatic carbocycles. The van der Waals surface area contributed by atoms with Gasteiger partial charge in [0.2, 0.25) is 5.91 Å². The van der Waals surface area contributed by atoms with Crippen LogP contribution < -0.4 is 10.6 Å². The molecule has 2 N–H and O–H groups in total. The maximum atomic E-state index is 12.7. The van der Waals surface area contributed by atoms with E-state index in [0.29, 0.717) is 24.4 Å². The SMILES string of the molecule is CN=C(NCc1csc(C(C)C)n1)NC1CCC(C(=O)N2CCSCC2)CC1.I. The number of carbonyl (C=O) groups is 1. The van der Waals surface area contributed by atoms with Crippen molar-refractivity contribution >= 4 is 58.9 Å². The number of guanidine groups is 1. The first-order valence-electron chi connectivity index (χ1n) is 10.3. The maximum Gasteiger partial charge on any atom is 0.225 e. The van der Waals surface area contributed by atoms with E-state index in [4.69, 9.17) is 0 Å². The Kier molecular flexibility index (Phi) is 10.5. The van der Waals surface area contributed by atoms with Gasteiger partial charge < -0.3 is 15.5 Å². The largest absolute Gasteiger partial charge is 0.354 e. The molecule has 3 rings (SSSR count). The van der Waals surface area contributed by atoms with E-state index in [1.807, 2.05) is 11.8 Å². The lowest BCUT2D eigenvalue weighted by atomic mass is 9.85. The molecule has 164 valence electrons. The average molecular weight is 552 g/mol. The number of nitrogens with zero attached hydrogens (tertiary/aromatic N) is 3. The summed E-state index contributed by atoms with van der Waals surface area (Å²) in [5, 5.41) is 10.2. The minimum Gasteiger partial charge on any atom is -0.354 e. The van der Waals surface area contributed by atoms with Crippen molar-refractivity contribution in [3.05, 3.63) is 16.1 Å². The maximum absolute atomic E-state index is 12.7. The van der Waals surface area contributed by atoms with Gasteiger partial charge in [-0.15, -0.1) is 35.3 Å². The molecule has 2 fully saturated rings. The first-order chi connectivity index (χ1) is 13.6. The van der Waals surface area contributed by atoms with Crippen molar-refractivity contribution in [3.63, 3.8) is 0 Å². The molecule has 2 aliphatic rings. The van der Waals surface area contributed by atoms with Gasteiger partial charge >= 0.3 is 0 Å². The zero-order valence-corrected chi connectivity index (χ0v) is 21.6. The van der Waals surface area contributed by atoms with E-state index < -0.39 is 0 Å². The fourth-order valence-corrected chi connectivity index (χ4v) is 5.50. The fourth-order valence-electron chi connectivity index (χ4n) is 3.76. The van der Waals surface area contributed by atoms with E-state index in [0.717, 1.165) is 61.9 Å². The lowest BCUT2D eigenvalue weighted by Crippen LogP contribution is -2.47. The van der Waals surface area contributed by atoms with Crippen molar-refractivity contribution in [3.8, 4) is 0 Å². The number of halogens is 1. The van der Waals surface area contributed by atoms with Crippen molar-refractivity contribution in [2.75, 3.05) is 31.6 Å². The van der Waals surface area contributed by atoms with Gasteiger partial charge in [0, 0.05) is 54.9 Å². The summed E-state index contributed by atoms with van der Waals surface area (Å²) in [6, 6.07) is 0.383. The van der Waals surface area contributed by atoms with Crippen LogP contribution in [0, 0.1) is 5.92 Å². The molecule has 9 heteroatoms. The van der Waals surface area contributed by atoms with E-state index in [9.17, 15) is 4.79 Å². The van der Waals surface area contributed by atoms with E-state index in [-0.39, 0.29) is 29.9 Å². The molecular formula is C20H34IN5OS2. The quantitative estimate of drug-likeness (QED) is 0.332. The zero-order chi connectivity index (χ0) is 19.9. The first-order valence-corrected chi connectivity index (χ1v) is 12.4. The number of amides is 1. The predicted molar refractivity (Wildman–Crippen MR) is 135 cm³/mol. The fraction of sp³-hybridized carbons (Fsp3) is 0.750. The topological polar surface area (TPSA) is 69.6 Å². The molecule has 29 heavy (non-hydrogen) atoms. The number of thioether (sulfide) groups is 1. The Balaban J connectivity index is 0.00000300. The molecule has 0 atom stereocenters. The molecule has 1 amide bonds. The van der Waals surface area contributed by atoms with Crippen LogP contribution in [0.1, 0.15) is 56.2 Å². The summed E-state index contributed by atoms with van der Waals surface area (Å²) in [5.74, 6) is 4.05.